The van der Waals surface area contributed by atoms with Crippen LogP contribution < -0.4 is 26.0 Å². The molecule has 1 unspecified atom stereocenters. The first-order valence-corrected chi connectivity index (χ1v) is 10.4. The van der Waals surface area contributed by atoms with Gasteiger partial charge in [-0.05, 0) is 42.5 Å². The second-order valence-electron chi connectivity index (χ2n) is 7.58. The topological polar surface area (TPSA) is 119 Å². The lowest BCUT2D eigenvalue weighted by Crippen LogP contribution is -2.29. The zero-order valence-corrected chi connectivity index (χ0v) is 18.0. The first kappa shape index (κ1) is 21.3. The fourth-order valence-corrected chi connectivity index (χ4v) is 3.95. The third-order valence-corrected chi connectivity index (χ3v) is 5.56. The maximum atomic E-state index is 12.8. The van der Waals surface area contributed by atoms with Crippen molar-refractivity contribution in [1.82, 2.24) is 5.59 Å². The van der Waals surface area contributed by atoms with Crippen LogP contribution in [0.2, 0.25) is 0 Å². The SMILES string of the molecule is COc1ccc(N2NOC(=O)C2=C2CC(c3ccccc3[N+](=O)[O-])N=c3ccccc3=N2)cc1. The largest absolute Gasteiger partial charge is 0.497 e. The summed E-state index contributed by atoms with van der Waals surface area (Å²) >= 11 is 0. The van der Waals surface area contributed by atoms with Crippen molar-refractivity contribution < 1.29 is 19.3 Å². The molecule has 10 heteroatoms. The number of nitro groups is 1. The highest BCUT2D eigenvalue weighted by molar-refractivity contribution is 5.95. The van der Waals surface area contributed by atoms with Crippen molar-refractivity contribution in [3.05, 3.63) is 111 Å². The van der Waals surface area contributed by atoms with Gasteiger partial charge in [0.2, 0.25) is 0 Å². The Balaban J connectivity index is 1.69. The van der Waals surface area contributed by atoms with E-state index >= 15 is 0 Å². The summed E-state index contributed by atoms with van der Waals surface area (Å²) in [6.07, 6.45) is 0.151. The molecule has 2 aliphatic heterocycles. The predicted molar refractivity (Wildman–Crippen MR) is 121 cm³/mol. The van der Waals surface area contributed by atoms with Crippen LogP contribution in [0, 0.1) is 10.1 Å². The van der Waals surface area contributed by atoms with E-state index < -0.39 is 16.9 Å². The van der Waals surface area contributed by atoms with Crippen molar-refractivity contribution in [1.29, 1.82) is 0 Å². The summed E-state index contributed by atoms with van der Waals surface area (Å²) in [7, 11) is 1.57. The monoisotopic (exact) mass is 457 g/mol. The predicted octanol–water partition coefficient (Wildman–Crippen LogP) is 2.68. The molecule has 0 bridgehead atoms. The molecule has 0 aromatic heterocycles. The third-order valence-electron chi connectivity index (χ3n) is 5.56. The van der Waals surface area contributed by atoms with Crippen molar-refractivity contribution in [3.63, 3.8) is 0 Å². The Morgan fingerprint density at radius 1 is 1.06 bits per heavy atom. The molecule has 1 saturated heterocycles. The number of para-hydroxylation sites is 3. The van der Waals surface area contributed by atoms with E-state index in [-0.39, 0.29) is 17.8 Å². The highest BCUT2D eigenvalue weighted by Gasteiger charge is 2.35. The van der Waals surface area contributed by atoms with E-state index in [4.69, 9.17) is 19.6 Å². The van der Waals surface area contributed by atoms with Gasteiger partial charge in [0.15, 0.2) is 5.70 Å². The second-order valence-corrected chi connectivity index (χ2v) is 7.58. The van der Waals surface area contributed by atoms with Crippen LogP contribution in [0.1, 0.15) is 18.0 Å². The molecule has 3 aromatic rings. The van der Waals surface area contributed by atoms with Gasteiger partial charge in [0, 0.05) is 12.5 Å². The fourth-order valence-electron chi connectivity index (χ4n) is 3.95. The minimum Gasteiger partial charge on any atom is -0.497 e. The molecule has 1 fully saturated rings. The van der Waals surface area contributed by atoms with E-state index in [0.717, 1.165) is 0 Å². The number of nitrogens with zero attached hydrogens (tertiary/aromatic N) is 4. The minimum atomic E-state index is -0.636. The number of hydrogen-bond donors (Lipinski definition) is 1. The molecule has 0 saturated carbocycles. The maximum absolute atomic E-state index is 12.8. The third kappa shape index (κ3) is 3.86. The Bertz CT molecular complexity index is 1430. The van der Waals surface area contributed by atoms with Gasteiger partial charge in [-0.3, -0.25) is 15.1 Å². The van der Waals surface area contributed by atoms with Gasteiger partial charge in [0.1, 0.15) is 5.75 Å². The highest BCUT2D eigenvalue weighted by atomic mass is 16.7. The van der Waals surface area contributed by atoms with Gasteiger partial charge in [0.05, 0.1) is 45.7 Å². The molecule has 0 radical (unpaired) electrons. The van der Waals surface area contributed by atoms with Gasteiger partial charge >= 0.3 is 5.97 Å². The lowest BCUT2D eigenvalue weighted by molar-refractivity contribution is -0.385. The molecule has 2 aliphatic rings. The van der Waals surface area contributed by atoms with E-state index in [2.05, 4.69) is 5.59 Å². The normalized spacial score (nSPS) is 19.4. The molecule has 0 aliphatic carbocycles. The van der Waals surface area contributed by atoms with Crippen LogP contribution in [0.3, 0.4) is 0 Å². The summed E-state index contributed by atoms with van der Waals surface area (Å²) in [5, 5.41) is 14.3. The van der Waals surface area contributed by atoms with Crippen molar-refractivity contribution in [2.24, 2.45) is 9.98 Å². The lowest BCUT2D eigenvalue weighted by atomic mass is 10.00. The summed E-state index contributed by atoms with van der Waals surface area (Å²) < 4.78 is 5.21. The van der Waals surface area contributed by atoms with Crippen LogP contribution in [0.5, 0.6) is 5.75 Å². The molecule has 5 rings (SSSR count). The van der Waals surface area contributed by atoms with Crippen molar-refractivity contribution in [2.75, 3.05) is 12.1 Å². The molecule has 10 nitrogen and oxygen atoms in total. The van der Waals surface area contributed by atoms with E-state index in [1.165, 1.54) is 11.1 Å². The Labute approximate surface area is 193 Å². The van der Waals surface area contributed by atoms with Crippen molar-refractivity contribution >= 4 is 17.3 Å². The minimum absolute atomic E-state index is 0.0425. The summed E-state index contributed by atoms with van der Waals surface area (Å²) in [4.78, 5) is 38.7. The number of nitro benzene ring substituents is 1. The van der Waals surface area contributed by atoms with Crippen molar-refractivity contribution in [3.8, 4) is 5.75 Å². The first-order valence-electron chi connectivity index (χ1n) is 10.4. The number of hydrogen-bond acceptors (Lipinski definition) is 9. The number of carbonyl (C=O) groups excluding carboxylic acids is 1. The smallest absolute Gasteiger partial charge is 0.378 e. The molecule has 0 spiro atoms. The quantitative estimate of drug-likeness (QED) is 0.363. The van der Waals surface area contributed by atoms with E-state index in [1.807, 2.05) is 12.1 Å². The molecule has 34 heavy (non-hydrogen) atoms. The Morgan fingerprint density at radius 3 is 2.50 bits per heavy atom. The number of anilines is 1. The average Bonchev–Trinajstić information content (AvgIpc) is 3.14. The van der Waals surface area contributed by atoms with Crippen LogP contribution in [0.15, 0.2) is 94.2 Å². The summed E-state index contributed by atoms with van der Waals surface area (Å²) in [5.41, 5.74) is 4.22. The number of hydrazine groups is 1. The van der Waals surface area contributed by atoms with Crippen LogP contribution >= 0.6 is 0 Å². The number of benzene rings is 3. The zero-order valence-electron chi connectivity index (χ0n) is 18.0. The van der Waals surface area contributed by atoms with Gasteiger partial charge in [-0.2, -0.15) is 0 Å². The maximum Gasteiger partial charge on any atom is 0.378 e. The molecule has 170 valence electrons. The Kier molecular flexibility index (Phi) is 5.48. The van der Waals surface area contributed by atoms with Gasteiger partial charge in [-0.25, -0.2) is 14.8 Å². The fraction of sp³-hybridized carbons (Fsp3) is 0.125. The van der Waals surface area contributed by atoms with Gasteiger partial charge < -0.3 is 9.57 Å². The number of ether oxygens (including phenoxy) is 1. The second kappa shape index (κ2) is 8.75. The molecule has 0 amide bonds. The van der Waals surface area contributed by atoms with Crippen molar-refractivity contribution in [2.45, 2.75) is 12.5 Å². The van der Waals surface area contributed by atoms with Gasteiger partial charge in [-0.1, -0.05) is 29.9 Å². The lowest BCUT2D eigenvalue weighted by Gasteiger charge is -2.18. The Hall–Kier alpha value is -4.57. The summed E-state index contributed by atoms with van der Waals surface area (Å²) in [5.74, 6) is 0.0444. The first-order chi connectivity index (χ1) is 16.5. The van der Waals surface area contributed by atoms with E-state index in [1.54, 1.807) is 61.7 Å². The van der Waals surface area contributed by atoms with Crippen LogP contribution in [0.4, 0.5) is 11.4 Å². The number of rotatable bonds is 4. The summed E-state index contributed by atoms with van der Waals surface area (Å²) in [6.45, 7) is 0. The Morgan fingerprint density at radius 2 is 1.76 bits per heavy atom. The van der Waals surface area contributed by atoms with Crippen LogP contribution in [0.25, 0.3) is 0 Å². The molecular weight excluding hydrogens is 438 g/mol. The summed E-state index contributed by atoms with van der Waals surface area (Å²) in [6, 6.07) is 20.1. The molecule has 1 atom stereocenters. The van der Waals surface area contributed by atoms with Gasteiger partial charge in [-0.15, -0.1) is 0 Å². The number of nitrogens with one attached hydrogen (secondary N) is 1. The molecule has 2 heterocycles. The average molecular weight is 457 g/mol. The van der Waals surface area contributed by atoms with Gasteiger partial charge in [0.25, 0.3) is 5.69 Å². The number of carbonyl (C=O) groups is 1. The van der Waals surface area contributed by atoms with E-state index in [9.17, 15) is 14.9 Å². The molecule has 1 N–H and O–H groups in total. The number of methoxy groups -OCH3 is 1. The van der Waals surface area contributed by atoms with Crippen LogP contribution in [-0.2, 0) is 9.63 Å². The molecule has 3 aromatic carbocycles. The van der Waals surface area contributed by atoms with E-state index in [0.29, 0.717) is 33.4 Å². The number of fused-ring (bicyclic) bond motifs is 1. The van der Waals surface area contributed by atoms with Crippen LogP contribution in [-0.4, -0.2) is 18.0 Å². The standard InChI is InChI=1S/C24H19N5O5/c1-33-16-12-10-15(11-13-16)28-23(24(30)34-27-28)21-14-20(17-6-2-5-9-22(17)29(31)32)25-18-7-3-4-8-19(18)26-21/h2-13,20,27H,14H2,1H3. The molecular formula is C24H19N5O5. The zero-order chi connectivity index (χ0) is 23.7. The highest BCUT2D eigenvalue weighted by Crippen LogP contribution is 2.35.